The number of thiazole rings is 1. The number of hydrogen-bond donors (Lipinski definition) is 1. The molecule has 0 saturated carbocycles. The van der Waals surface area contributed by atoms with Crippen LogP contribution in [0.5, 0.6) is 0 Å². The lowest BCUT2D eigenvalue weighted by molar-refractivity contribution is -0.118. The Labute approximate surface area is 195 Å². The first-order valence-corrected chi connectivity index (χ1v) is 10.9. The van der Waals surface area contributed by atoms with Gasteiger partial charge < -0.3 is 10.3 Å². The van der Waals surface area contributed by atoms with E-state index >= 15 is 0 Å². The lowest BCUT2D eigenvalue weighted by atomic mass is 10.1. The van der Waals surface area contributed by atoms with Crippen molar-refractivity contribution in [2.24, 2.45) is 10.7 Å². The highest BCUT2D eigenvalue weighted by molar-refractivity contribution is 7.07. The second-order valence-electron chi connectivity index (χ2n) is 6.78. The minimum Gasteiger partial charge on any atom is -0.364 e. The Hall–Kier alpha value is -3.27. The van der Waals surface area contributed by atoms with E-state index in [-0.39, 0.29) is 11.1 Å². The predicted octanol–water partition coefficient (Wildman–Crippen LogP) is 2.84. The molecule has 11 heteroatoms. The number of carbonyl (C=O) groups excluding carboxylic acids is 2. The van der Waals surface area contributed by atoms with Gasteiger partial charge in [-0.1, -0.05) is 47.5 Å². The second-order valence-corrected chi connectivity index (χ2v) is 8.49. The highest BCUT2D eigenvalue weighted by Crippen LogP contribution is 2.21. The summed E-state index contributed by atoms with van der Waals surface area (Å²) < 4.78 is 2.66. The molecule has 0 bridgehead atoms. The minimum atomic E-state index is -0.796. The molecule has 2 heterocycles. The van der Waals surface area contributed by atoms with Crippen LogP contribution in [0.4, 0.5) is 0 Å². The molecule has 0 fully saturated rings. The standard InChI is InChI=1S/C21H15Cl2N5O3S/c22-13-6-5-12(16(23)9-13)10-27-7-8-32-21(27)25-17(29)11-28-20(31)15-4-2-1-3-14(15)18(26-28)19(24)30/h1-9H,10-11H2,(H2,24,30). The van der Waals surface area contributed by atoms with Gasteiger partial charge in [0.05, 0.1) is 11.9 Å². The van der Waals surface area contributed by atoms with Crippen LogP contribution in [0.1, 0.15) is 16.1 Å². The minimum absolute atomic E-state index is 0.0865. The van der Waals surface area contributed by atoms with Gasteiger partial charge in [0.1, 0.15) is 6.54 Å². The molecule has 162 valence electrons. The van der Waals surface area contributed by atoms with Gasteiger partial charge >= 0.3 is 0 Å². The van der Waals surface area contributed by atoms with Crippen LogP contribution in [0.25, 0.3) is 10.8 Å². The number of carbonyl (C=O) groups is 2. The quantitative estimate of drug-likeness (QED) is 0.466. The first-order valence-electron chi connectivity index (χ1n) is 9.28. The molecule has 0 aliphatic heterocycles. The molecule has 8 nitrogen and oxygen atoms in total. The third-order valence-corrected chi connectivity index (χ3v) is 6.00. The zero-order chi connectivity index (χ0) is 22.8. The van der Waals surface area contributed by atoms with Gasteiger partial charge in [-0.2, -0.15) is 10.1 Å². The van der Waals surface area contributed by atoms with Crippen LogP contribution in [-0.4, -0.2) is 26.2 Å². The zero-order valence-electron chi connectivity index (χ0n) is 16.4. The number of amides is 2. The summed E-state index contributed by atoms with van der Waals surface area (Å²) in [5, 5.41) is 7.38. The van der Waals surface area contributed by atoms with Crippen LogP contribution in [0.3, 0.4) is 0 Å². The Bertz CT molecular complexity index is 1490. The molecule has 0 radical (unpaired) electrons. The fourth-order valence-corrected chi connectivity index (χ4v) is 4.35. The predicted molar refractivity (Wildman–Crippen MR) is 123 cm³/mol. The molecule has 0 saturated heterocycles. The largest absolute Gasteiger partial charge is 0.364 e. The summed E-state index contributed by atoms with van der Waals surface area (Å²) in [7, 11) is 0. The van der Waals surface area contributed by atoms with Crippen molar-refractivity contribution < 1.29 is 9.59 Å². The summed E-state index contributed by atoms with van der Waals surface area (Å²) in [5.41, 5.74) is 5.62. The third kappa shape index (κ3) is 4.50. The Morgan fingerprint density at radius 1 is 1.12 bits per heavy atom. The van der Waals surface area contributed by atoms with Crippen molar-refractivity contribution in [1.82, 2.24) is 14.3 Å². The van der Waals surface area contributed by atoms with E-state index in [9.17, 15) is 14.4 Å². The van der Waals surface area contributed by atoms with E-state index < -0.39 is 23.9 Å². The van der Waals surface area contributed by atoms with Gasteiger partial charge in [0.2, 0.25) is 0 Å². The van der Waals surface area contributed by atoms with Gasteiger partial charge in [-0.15, -0.1) is 11.3 Å². The molecule has 2 aromatic heterocycles. The number of primary amides is 1. The van der Waals surface area contributed by atoms with E-state index in [1.807, 2.05) is 0 Å². The van der Waals surface area contributed by atoms with Crippen molar-refractivity contribution in [2.45, 2.75) is 13.1 Å². The van der Waals surface area contributed by atoms with E-state index in [1.165, 1.54) is 11.3 Å². The molecular weight excluding hydrogens is 473 g/mol. The Morgan fingerprint density at radius 2 is 1.88 bits per heavy atom. The highest BCUT2D eigenvalue weighted by Gasteiger charge is 2.16. The number of nitrogens with two attached hydrogens (primary N) is 1. The number of aromatic nitrogens is 3. The van der Waals surface area contributed by atoms with Gasteiger partial charge in [0.15, 0.2) is 10.5 Å². The van der Waals surface area contributed by atoms with Crippen LogP contribution in [0.15, 0.2) is 63.8 Å². The maximum absolute atomic E-state index is 12.7. The molecule has 2 N–H and O–H groups in total. The van der Waals surface area contributed by atoms with Crippen molar-refractivity contribution in [3.63, 3.8) is 0 Å². The molecule has 4 aromatic rings. The van der Waals surface area contributed by atoms with Crippen molar-refractivity contribution in [2.75, 3.05) is 0 Å². The average Bonchev–Trinajstić information content (AvgIpc) is 3.18. The van der Waals surface area contributed by atoms with Crippen LogP contribution < -0.4 is 16.1 Å². The first-order chi connectivity index (χ1) is 15.3. The Morgan fingerprint density at radius 3 is 2.59 bits per heavy atom. The van der Waals surface area contributed by atoms with Crippen LogP contribution in [0, 0.1) is 0 Å². The van der Waals surface area contributed by atoms with Crippen LogP contribution >= 0.6 is 34.5 Å². The number of rotatable bonds is 5. The summed E-state index contributed by atoms with van der Waals surface area (Å²) in [6, 6.07) is 11.6. The van der Waals surface area contributed by atoms with Crippen LogP contribution in [0.2, 0.25) is 10.0 Å². The summed E-state index contributed by atoms with van der Waals surface area (Å²) in [6.45, 7) is -0.0604. The average molecular weight is 488 g/mol. The van der Waals surface area contributed by atoms with Gasteiger partial charge in [-0.05, 0) is 23.8 Å². The Balaban J connectivity index is 1.66. The van der Waals surface area contributed by atoms with E-state index in [0.29, 0.717) is 26.8 Å². The van der Waals surface area contributed by atoms with Crippen molar-refractivity contribution in [3.8, 4) is 0 Å². The highest BCUT2D eigenvalue weighted by atomic mass is 35.5. The molecule has 0 spiro atoms. The SMILES string of the molecule is NC(=O)c1nn(CC(=O)N=c2sccn2Cc2ccc(Cl)cc2Cl)c(=O)c2ccccc12. The number of hydrogen-bond acceptors (Lipinski definition) is 5. The second kappa shape index (κ2) is 9.07. The smallest absolute Gasteiger partial charge is 0.275 e. The number of nitrogens with zero attached hydrogens (tertiary/aromatic N) is 4. The number of benzene rings is 2. The fraction of sp³-hybridized carbons (Fsp3) is 0.0952. The monoisotopic (exact) mass is 487 g/mol. The van der Waals surface area contributed by atoms with Crippen molar-refractivity contribution in [3.05, 3.63) is 90.5 Å². The maximum atomic E-state index is 12.7. The van der Waals surface area contributed by atoms with Crippen LogP contribution in [-0.2, 0) is 17.9 Å². The topological polar surface area (TPSA) is 112 Å². The van der Waals surface area contributed by atoms with Gasteiger partial charge in [0.25, 0.3) is 17.4 Å². The van der Waals surface area contributed by atoms with Gasteiger partial charge in [-0.25, -0.2) is 4.68 Å². The molecule has 2 amide bonds. The van der Waals surface area contributed by atoms with E-state index in [0.717, 1.165) is 10.2 Å². The number of fused-ring (bicyclic) bond motifs is 1. The summed E-state index contributed by atoms with van der Waals surface area (Å²) in [4.78, 5) is 41.7. The molecule has 0 aliphatic rings. The van der Waals surface area contributed by atoms with Gasteiger partial charge in [-0.3, -0.25) is 14.4 Å². The molecule has 0 unspecified atom stereocenters. The summed E-state index contributed by atoms with van der Waals surface area (Å²) >= 11 is 13.4. The maximum Gasteiger partial charge on any atom is 0.275 e. The van der Waals surface area contributed by atoms with Gasteiger partial charge in [0, 0.05) is 27.0 Å². The van der Waals surface area contributed by atoms with E-state index in [2.05, 4.69) is 10.1 Å². The molecule has 32 heavy (non-hydrogen) atoms. The lowest BCUT2D eigenvalue weighted by Gasteiger charge is -2.08. The summed E-state index contributed by atoms with van der Waals surface area (Å²) in [5.74, 6) is -1.40. The van der Waals surface area contributed by atoms with Crippen molar-refractivity contribution in [1.29, 1.82) is 0 Å². The number of halogens is 2. The molecular formula is C21H15Cl2N5O3S. The molecule has 0 atom stereocenters. The first kappa shape index (κ1) is 21.9. The summed E-state index contributed by atoms with van der Waals surface area (Å²) in [6.07, 6.45) is 1.77. The van der Waals surface area contributed by atoms with E-state index in [1.54, 1.807) is 58.6 Å². The fourth-order valence-electron chi connectivity index (χ4n) is 3.14. The lowest BCUT2D eigenvalue weighted by Crippen LogP contribution is -2.30. The van der Waals surface area contributed by atoms with Crippen molar-refractivity contribution >= 4 is 57.1 Å². The molecule has 4 rings (SSSR count). The van der Waals surface area contributed by atoms with E-state index in [4.69, 9.17) is 28.9 Å². The molecule has 0 aliphatic carbocycles. The molecule has 2 aromatic carbocycles. The normalized spacial score (nSPS) is 11.8. The third-order valence-electron chi connectivity index (χ3n) is 4.62. The Kier molecular flexibility index (Phi) is 6.22. The zero-order valence-corrected chi connectivity index (χ0v) is 18.7.